The zero-order valence-electron chi connectivity index (χ0n) is 13.5. The Bertz CT molecular complexity index is 485. The number of morpholine rings is 1. The minimum Gasteiger partial charge on any atom is -0.491 e. The third-order valence-electron chi connectivity index (χ3n) is 4.74. The van der Waals surface area contributed by atoms with Crippen LogP contribution in [-0.2, 0) is 4.74 Å². The van der Waals surface area contributed by atoms with Gasteiger partial charge in [-0.1, -0.05) is 25.0 Å². The molecule has 1 saturated heterocycles. The highest BCUT2D eigenvalue weighted by molar-refractivity contribution is 5.27. The van der Waals surface area contributed by atoms with E-state index in [4.69, 9.17) is 9.47 Å². The quantitative estimate of drug-likeness (QED) is 0.907. The maximum absolute atomic E-state index is 10.3. The van der Waals surface area contributed by atoms with E-state index < -0.39 is 6.10 Å². The van der Waals surface area contributed by atoms with Gasteiger partial charge in [-0.15, -0.1) is 0 Å². The lowest BCUT2D eigenvalue weighted by molar-refractivity contribution is -0.112. The Balaban J connectivity index is 1.46. The van der Waals surface area contributed by atoms with E-state index in [2.05, 4.69) is 4.90 Å². The molecule has 1 aromatic carbocycles. The van der Waals surface area contributed by atoms with Crippen molar-refractivity contribution in [2.24, 2.45) is 0 Å². The first-order chi connectivity index (χ1) is 10.7. The minimum atomic E-state index is -0.461. The van der Waals surface area contributed by atoms with Crippen molar-refractivity contribution in [1.29, 1.82) is 0 Å². The van der Waals surface area contributed by atoms with Crippen LogP contribution in [0.1, 0.15) is 31.2 Å². The van der Waals surface area contributed by atoms with Crippen molar-refractivity contribution < 1.29 is 14.6 Å². The molecule has 1 aliphatic heterocycles. The molecule has 2 fully saturated rings. The van der Waals surface area contributed by atoms with Crippen LogP contribution >= 0.6 is 0 Å². The first-order valence-corrected chi connectivity index (χ1v) is 8.39. The number of rotatable bonds is 5. The molecule has 122 valence electrons. The van der Waals surface area contributed by atoms with Gasteiger partial charge in [-0.05, 0) is 37.5 Å². The van der Waals surface area contributed by atoms with Gasteiger partial charge < -0.3 is 14.6 Å². The Kier molecular flexibility index (Phi) is 5.01. The number of nitrogens with zero attached hydrogens (tertiary/aromatic N) is 1. The maximum atomic E-state index is 10.3. The van der Waals surface area contributed by atoms with Gasteiger partial charge in [-0.25, -0.2) is 0 Å². The molecule has 3 rings (SSSR count). The standard InChI is InChI=1S/C18H27NO3/c1-15-5-4-6-17(11-15)21-13-16(20)12-19-9-10-22-18(14-19)7-2-3-8-18/h4-6,11,16,20H,2-3,7-10,12-14H2,1H3. The van der Waals surface area contributed by atoms with Crippen LogP contribution in [0.2, 0.25) is 0 Å². The van der Waals surface area contributed by atoms with Gasteiger partial charge in [-0.3, -0.25) is 4.90 Å². The van der Waals surface area contributed by atoms with Crippen molar-refractivity contribution in [2.75, 3.05) is 32.8 Å². The van der Waals surface area contributed by atoms with Crippen molar-refractivity contribution >= 4 is 0 Å². The average molecular weight is 305 g/mol. The number of aryl methyl sites for hydroxylation is 1. The molecule has 1 N–H and O–H groups in total. The van der Waals surface area contributed by atoms with E-state index >= 15 is 0 Å². The third-order valence-corrected chi connectivity index (χ3v) is 4.74. The highest BCUT2D eigenvalue weighted by Gasteiger charge is 2.39. The Morgan fingerprint density at radius 2 is 2.18 bits per heavy atom. The van der Waals surface area contributed by atoms with Gasteiger partial charge in [0.2, 0.25) is 0 Å². The molecule has 1 aromatic rings. The molecule has 0 amide bonds. The van der Waals surface area contributed by atoms with E-state index in [1.54, 1.807) is 0 Å². The molecule has 4 heteroatoms. The molecule has 0 radical (unpaired) electrons. The van der Waals surface area contributed by atoms with E-state index in [0.717, 1.165) is 25.4 Å². The Morgan fingerprint density at radius 1 is 1.36 bits per heavy atom. The summed E-state index contributed by atoms with van der Waals surface area (Å²) in [7, 11) is 0. The predicted octanol–water partition coefficient (Wildman–Crippen LogP) is 2.38. The van der Waals surface area contributed by atoms with Crippen LogP contribution in [0, 0.1) is 6.92 Å². The normalized spacial score (nSPS) is 22.8. The number of hydrogen-bond donors (Lipinski definition) is 1. The highest BCUT2D eigenvalue weighted by Crippen LogP contribution is 2.35. The number of hydrogen-bond acceptors (Lipinski definition) is 4. The largest absolute Gasteiger partial charge is 0.491 e. The number of benzene rings is 1. The van der Waals surface area contributed by atoms with Gasteiger partial charge in [0.15, 0.2) is 0 Å². The summed E-state index contributed by atoms with van der Waals surface area (Å²) in [6.07, 6.45) is 4.41. The SMILES string of the molecule is Cc1cccc(OCC(O)CN2CCOC3(CCCC3)C2)c1. The molecule has 22 heavy (non-hydrogen) atoms. The lowest BCUT2D eigenvalue weighted by Crippen LogP contribution is -2.52. The smallest absolute Gasteiger partial charge is 0.119 e. The number of β-amino-alcohol motifs (C(OH)–C–C–N with tert-alkyl or cyclic N) is 1. The molecule has 1 atom stereocenters. The van der Waals surface area contributed by atoms with E-state index in [1.807, 2.05) is 31.2 Å². The van der Waals surface area contributed by atoms with Crippen LogP contribution in [0.4, 0.5) is 0 Å². The summed E-state index contributed by atoms with van der Waals surface area (Å²) in [5.41, 5.74) is 1.23. The second-order valence-electron chi connectivity index (χ2n) is 6.76. The summed E-state index contributed by atoms with van der Waals surface area (Å²) in [5.74, 6) is 0.827. The Labute approximate surface area is 133 Å². The van der Waals surface area contributed by atoms with Crippen LogP contribution in [0.15, 0.2) is 24.3 Å². The number of aliphatic hydroxyl groups excluding tert-OH is 1. The summed E-state index contributed by atoms with van der Waals surface area (Å²) in [6.45, 7) is 5.69. The summed E-state index contributed by atoms with van der Waals surface area (Å²) in [6, 6.07) is 7.94. The molecular formula is C18H27NO3. The molecular weight excluding hydrogens is 278 g/mol. The number of ether oxygens (including phenoxy) is 2. The van der Waals surface area contributed by atoms with Crippen LogP contribution in [-0.4, -0.2) is 54.6 Å². The second kappa shape index (κ2) is 6.99. The third kappa shape index (κ3) is 4.00. The molecule has 1 aliphatic carbocycles. The van der Waals surface area contributed by atoms with E-state index in [1.165, 1.54) is 31.2 Å². The minimum absolute atomic E-state index is 0.0649. The van der Waals surface area contributed by atoms with Crippen LogP contribution < -0.4 is 4.74 Å². The van der Waals surface area contributed by atoms with Crippen molar-refractivity contribution in [3.05, 3.63) is 29.8 Å². The van der Waals surface area contributed by atoms with Gasteiger partial charge >= 0.3 is 0 Å². The predicted molar refractivity (Wildman–Crippen MR) is 86.3 cm³/mol. The van der Waals surface area contributed by atoms with Gasteiger partial charge in [0.05, 0.1) is 12.2 Å². The number of aliphatic hydroxyl groups is 1. The maximum Gasteiger partial charge on any atom is 0.119 e. The van der Waals surface area contributed by atoms with Gasteiger partial charge in [-0.2, -0.15) is 0 Å². The molecule has 0 bridgehead atoms. The summed E-state index contributed by atoms with van der Waals surface area (Å²) >= 11 is 0. The molecule has 1 unspecified atom stereocenters. The van der Waals surface area contributed by atoms with E-state index in [-0.39, 0.29) is 5.60 Å². The van der Waals surface area contributed by atoms with Gasteiger partial charge in [0, 0.05) is 19.6 Å². The van der Waals surface area contributed by atoms with E-state index in [0.29, 0.717) is 13.2 Å². The summed E-state index contributed by atoms with van der Waals surface area (Å²) in [4.78, 5) is 2.33. The van der Waals surface area contributed by atoms with Gasteiger partial charge in [0.1, 0.15) is 18.5 Å². The first-order valence-electron chi connectivity index (χ1n) is 8.39. The fourth-order valence-corrected chi connectivity index (χ4v) is 3.65. The van der Waals surface area contributed by atoms with Crippen molar-refractivity contribution in [3.63, 3.8) is 0 Å². The zero-order valence-corrected chi connectivity index (χ0v) is 13.5. The van der Waals surface area contributed by atoms with Crippen LogP contribution in [0.25, 0.3) is 0 Å². The second-order valence-corrected chi connectivity index (χ2v) is 6.76. The summed E-state index contributed by atoms with van der Waals surface area (Å²) in [5, 5.41) is 10.3. The molecule has 1 spiro atoms. The fourth-order valence-electron chi connectivity index (χ4n) is 3.65. The highest BCUT2D eigenvalue weighted by atomic mass is 16.5. The van der Waals surface area contributed by atoms with Crippen molar-refractivity contribution in [1.82, 2.24) is 4.90 Å². The van der Waals surface area contributed by atoms with E-state index in [9.17, 15) is 5.11 Å². The first kappa shape index (κ1) is 15.8. The molecule has 0 aromatic heterocycles. The average Bonchev–Trinajstić information content (AvgIpc) is 2.93. The van der Waals surface area contributed by atoms with Crippen molar-refractivity contribution in [2.45, 2.75) is 44.3 Å². The van der Waals surface area contributed by atoms with Gasteiger partial charge in [0.25, 0.3) is 0 Å². The lowest BCUT2D eigenvalue weighted by Gasteiger charge is -2.41. The Morgan fingerprint density at radius 3 is 2.95 bits per heavy atom. The molecule has 1 saturated carbocycles. The van der Waals surface area contributed by atoms with Crippen molar-refractivity contribution in [3.8, 4) is 5.75 Å². The molecule has 2 aliphatic rings. The van der Waals surface area contributed by atoms with Crippen LogP contribution in [0.3, 0.4) is 0 Å². The molecule has 1 heterocycles. The monoisotopic (exact) mass is 305 g/mol. The lowest BCUT2D eigenvalue weighted by atomic mass is 9.99. The fraction of sp³-hybridized carbons (Fsp3) is 0.667. The Hall–Kier alpha value is -1.10. The van der Waals surface area contributed by atoms with Crippen LogP contribution in [0.5, 0.6) is 5.75 Å². The topological polar surface area (TPSA) is 41.9 Å². The zero-order chi connectivity index (χ0) is 15.4. The summed E-state index contributed by atoms with van der Waals surface area (Å²) < 4.78 is 11.7. The molecule has 4 nitrogen and oxygen atoms in total.